The van der Waals surface area contributed by atoms with E-state index in [0.29, 0.717) is 26.4 Å². The minimum atomic E-state index is -1.43. The molecule has 2 aliphatic heterocycles. The molecule has 1 N–H and O–H groups in total. The summed E-state index contributed by atoms with van der Waals surface area (Å²) >= 11 is 0. The van der Waals surface area contributed by atoms with Gasteiger partial charge in [0.25, 0.3) is 0 Å². The molecule has 0 spiro atoms. The van der Waals surface area contributed by atoms with Crippen molar-refractivity contribution in [1.82, 2.24) is 4.90 Å². The van der Waals surface area contributed by atoms with Crippen LogP contribution >= 0.6 is 0 Å². The van der Waals surface area contributed by atoms with Gasteiger partial charge in [0.2, 0.25) is 0 Å². The van der Waals surface area contributed by atoms with Crippen molar-refractivity contribution >= 4 is 6.09 Å². The van der Waals surface area contributed by atoms with Crippen LogP contribution in [0.5, 0.6) is 0 Å². The number of halogens is 1. The summed E-state index contributed by atoms with van der Waals surface area (Å²) in [6, 6.07) is 0. The number of hydrogen-bond donors (Lipinski definition) is 1. The first-order chi connectivity index (χ1) is 9.09. The Labute approximate surface area is 111 Å². The molecule has 0 aromatic carbocycles. The van der Waals surface area contributed by atoms with Gasteiger partial charge in [-0.1, -0.05) is 0 Å². The standard InChI is InChI=1S/C12H20FNO5/c13-12(1-3-14(4-2-12)11(15)16)9-18-8-10-7-17-5-6-19-10/h10H,1-9H2,(H,15,16). The molecule has 2 aliphatic rings. The number of likely N-dealkylation sites (tertiary alicyclic amines) is 1. The SMILES string of the molecule is O=C(O)N1CCC(F)(COCC2COCCO2)CC1. The molecule has 1 unspecified atom stereocenters. The minimum absolute atomic E-state index is 0.0136. The second kappa shape index (κ2) is 6.49. The van der Waals surface area contributed by atoms with E-state index >= 15 is 0 Å². The molecule has 19 heavy (non-hydrogen) atoms. The first-order valence-electron chi connectivity index (χ1n) is 6.53. The van der Waals surface area contributed by atoms with Gasteiger partial charge in [-0.3, -0.25) is 0 Å². The van der Waals surface area contributed by atoms with Gasteiger partial charge in [0.15, 0.2) is 0 Å². The summed E-state index contributed by atoms with van der Waals surface area (Å²) in [6.45, 7) is 2.36. The Kier molecular flexibility index (Phi) is 4.95. The molecule has 6 nitrogen and oxygen atoms in total. The van der Waals surface area contributed by atoms with Crippen molar-refractivity contribution in [3.05, 3.63) is 0 Å². The average Bonchev–Trinajstić information content (AvgIpc) is 2.40. The lowest BCUT2D eigenvalue weighted by molar-refractivity contribution is -0.126. The van der Waals surface area contributed by atoms with E-state index in [1.165, 1.54) is 4.90 Å². The fraction of sp³-hybridized carbons (Fsp3) is 0.917. The lowest BCUT2D eigenvalue weighted by Crippen LogP contribution is -2.46. The third-order valence-corrected chi connectivity index (χ3v) is 3.48. The summed E-state index contributed by atoms with van der Waals surface area (Å²) in [4.78, 5) is 12.0. The molecule has 2 heterocycles. The van der Waals surface area contributed by atoms with Gasteiger partial charge in [-0.15, -0.1) is 0 Å². The number of carbonyl (C=O) groups is 1. The van der Waals surface area contributed by atoms with Gasteiger partial charge in [0, 0.05) is 25.9 Å². The highest BCUT2D eigenvalue weighted by Gasteiger charge is 2.36. The van der Waals surface area contributed by atoms with Gasteiger partial charge in [0.1, 0.15) is 11.8 Å². The number of nitrogens with zero attached hydrogens (tertiary/aromatic N) is 1. The lowest BCUT2D eigenvalue weighted by atomic mass is 9.94. The Morgan fingerprint density at radius 1 is 1.42 bits per heavy atom. The molecule has 0 aromatic rings. The highest BCUT2D eigenvalue weighted by atomic mass is 19.1. The zero-order valence-electron chi connectivity index (χ0n) is 10.8. The number of hydrogen-bond acceptors (Lipinski definition) is 4. The predicted molar refractivity (Wildman–Crippen MR) is 64.0 cm³/mol. The molecule has 1 amide bonds. The monoisotopic (exact) mass is 277 g/mol. The first kappa shape index (κ1) is 14.5. The fourth-order valence-electron chi connectivity index (χ4n) is 2.25. The third-order valence-electron chi connectivity index (χ3n) is 3.48. The van der Waals surface area contributed by atoms with Crippen LogP contribution in [0.2, 0.25) is 0 Å². The second-order valence-electron chi connectivity index (χ2n) is 5.00. The van der Waals surface area contributed by atoms with E-state index in [2.05, 4.69) is 0 Å². The van der Waals surface area contributed by atoms with Crippen molar-refractivity contribution in [1.29, 1.82) is 0 Å². The smallest absolute Gasteiger partial charge is 0.407 e. The number of alkyl halides is 1. The van der Waals surface area contributed by atoms with Gasteiger partial charge in [-0.05, 0) is 0 Å². The lowest BCUT2D eigenvalue weighted by Gasteiger charge is -2.35. The van der Waals surface area contributed by atoms with Crippen molar-refractivity contribution in [3.8, 4) is 0 Å². The summed E-state index contributed by atoms with van der Waals surface area (Å²) in [7, 11) is 0. The van der Waals surface area contributed by atoms with Crippen LogP contribution in [0.4, 0.5) is 9.18 Å². The van der Waals surface area contributed by atoms with Crippen LogP contribution in [0.1, 0.15) is 12.8 Å². The number of carboxylic acid groups (broad SMARTS) is 1. The molecule has 0 aliphatic carbocycles. The van der Waals surface area contributed by atoms with Crippen LogP contribution in [-0.4, -0.2) is 74.0 Å². The second-order valence-corrected chi connectivity index (χ2v) is 5.00. The van der Waals surface area contributed by atoms with Crippen molar-refractivity contribution < 1.29 is 28.5 Å². The van der Waals surface area contributed by atoms with E-state index in [-0.39, 0.29) is 38.6 Å². The topological polar surface area (TPSA) is 68.2 Å². The highest BCUT2D eigenvalue weighted by Crippen LogP contribution is 2.27. The molecular formula is C12H20FNO5. The summed E-state index contributed by atoms with van der Waals surface area (Å²) < 4.78 is 30.3. The Balaban J connectivity index is 1.66. The maximum atomic E-state index is 14.3. The number of piperidine rings is 1. The third kappa shape index (κ3) is 4.29. The molecule has 2 rings (SSSR count). The van der Waals surface area contributed by atoms with Crippen LogP contribution in [0, 0.1) is 0 Å². The van der Waals surface area contributed by atoms with E-state index in [1.807, 2.05) is 0 Å². The molecule has 2 saturated heterocycles. The fourth-order valence-corrected chi connectivity index (χ4v) is 2.25. The molecule has 2 fully saturated rings. The Morgan fingerprint density at radius 2 is 2.16 bits per heavy atom. The van der Waals surface area contributed by atoms with Crippen LogP contribution in [-0.2, 0) is 14.2 Å². The van der Waals surface area contributed by atoms with Gasteiger partial charge in [-0.25, -0.2) is 9.18 Å². The molecule has 7 heteroatoms. The van der Waals surface area contributed by atoms with Crippen LogP contribution < -0.4 is 0 Å². The molecule has 0 saturated carbocycles. The summed E-state index contributed by atoms with van der Waals surface area (Å²) in [6.07, 6.45) is -0.755. The minimum Gasteiger partial charge on any atom is -0.465 e. The average molecular weight is 277 g/mol. The molecule has 1 atom stereocenters. The molecular weight excluding hydrogens is 257 g/mol. The van der Waals surface area contributed by atoms with Crippen molar-refractivity contribution in [2.24, 2.45) is 0 Å². The highest BCUT2D eigenvalue weighted by molar-refractivity contribution is 5.65. The maximum absolute atomic E-state index is 14.3. The van der Waals surface area contributed by atoms with Crippen molar-refractivity contribution in [2.75, 3.05) is 46.1 Å². The van der Waals surface area contributed by atoms with E-state index in [0.717, 1.165) is 0 Å². The molecule has 0 radical (unpaired) electrons. The number of ether oxygens (including phenoxy) is 3. The summed E-state index contributed by atoms with van der Waals surface area (Å²) in [5, 5.41) is 8.80. The zero-order valence-corrected chi connectivity index (χ0v) is 10.8. The Hall–Kier alpha value is -0.920. The predicted octanol–water partition coefficient (Wildman–Crippen LogP) is 0.900. The normalized spacial score (nSPS) is 27.2. The Morgan fingerprint density at radius 3 is 2.74 bits per heavy atom. The van der Waals surface area contributed by atoms with Crippen molar-refractivity contribution in [3.63, 3.8) is 0 Å². The Bertz CT molecular complexity index is 300. The number of amides is 1. The van der Waals surface area contributed by atoms with Crippen LogP contribution in [0.25, 0.3) is 0 Å². The zero-order chi connectivity index (χ0) is 13.7. The molecule has 0 bridgehead atoms. The van der Waals surface area contributed by atoms with Crippen LogP contribution in [0.3, 0.4) is 0 Å². The van der Waals surface area contributed by atoms with E-state index < -0.39 is 11.8 Å². The van der Waals surface area contributed by atoms with Crippen molar-refractivity contribution in [2.45, 2.75) is 24.6 Å². The summed E-state index contributed by atoms with van der Waals surface area (Å²) in [5.41, 5.74) is -1.43. The maximum Gasteiger partial charge on any atom is 0.407 e. The number of rotatable bonds is 4. The largest absolute Gasteiger partial charge is 0.465 e. The van der Waals surface area contributed by atoms with Gasteiger partial charge >= 0.3 is 6.09 Å². The molecule has 0 aromatic heterocycles. The van der Waals surface area contributed by atoms with E-state index in [4.69, 9.17) is 19.3 Å². The van der Waals surface area contributed by atoms with Gasteiger partial charge in [0.05, 0.1) is 33.0 Å². The van der Waals surface area contributed by atoms with E-state index in [1.54, 1.807) is 0 Å². The summed E-state index contributed by atoms with van der Waals surface area (Å²) in [5.74, 6) is 0. The quantitative estimate of drug-likeness (QED) is 0.827. The van der Waals surface area contributed by atoms with Gasteiger partial charge < -0.3 is 24.2 Å². The first-order valence-corrected chi connectivity index (χ1v) is 6.53. The van der Waals surface area contributed by atoms with Gasteiger partial charge in [-0.2, -0.15) is 0 Å². The van der Waals surface area contributed by atoms with E-state index in [9.17, 15) is 9.18 Å². The molecule has 110 valence electrons. The van der Waals surface area contributed by atoms with Crippen LogP contribution in [0.15, 0.2) is 0 Å².